The van der Waals surface area contributed by atoms with Gasteiger partial charge < -0.3 is 13.7 Å². The highest BCUT2D eigenvalue weighted by atomic mass is 15.1. The normalized spacial score (nSPS) is 11.5. The molecule has 0 aliphatic rings. The Morgan fingerprint density at radius 2 is 0.877 bits per heavy atom. The molecule has 3 heterocycles. The zero-order valence-electron chi connectivity index (χ0n) is 30.3. The summed E-state index contributed by atoms with van der Waals surface area (Å²) in [5.41, 5.74) is 12.7. The van der Waals surface area contributed by atoms with Crippen molar-refractivity contribution in [1.29, 1.82) is 0 Å². The van der Waals surface area contributed by atoms with Crippen LogP contribution in [0.2, 0.25) is 0 Å². The molecule has 3 aromatic heterocycles. The molecule has 0 unspecified atom stereocenters. The molecule has 0 radical (unpaired) electrons. The Balaban J connectivity index is 1.08. The molecule has 0 spiro atoms. The Morgan fingerprint density at radius 3 is 1.54 bits per heavy atom. The van der Waals surface area contributed by atoms with Gasteiger partial charge in [0.25, 0.3) is 0 Å². The number of para-hydroxylation sites is 4. The zero-order valence-corrected chi connectivity index (χ0v) is 30.3. The van der Waals surface area contributed by atoms with Gasteiger partial charge in [0.1, 0.15) is 0 Å². The molecule has 0 aliphatic carbocycles. The van der Waals surface area contributed by atoms with E-state index in [2.05, 4.69) is 143 Å². The number of hydrogen-bond donors (Lipinski definition) is 0. The van der Waals surface area contributed by atoms with E-state index in [-0.39, 0.29) is 0 Å². The molecular weight excluding hydrogens is 697 g/mol. The minimum absolute atomic E-state index is 0.540. The lowest BCUT2D eigenvalue weighted by atomic mass is 10.0. The standard InChI is InChI=1S/C51H28N6/c1-52-34-23-28-47-42(30-34)39-13-6-9-17-46(39)56(47)48-27-21-33(29-43(48)54-3)32-19-24-36(25-20-32)55-50-31-35(53-2)22-26-40(50)41-14-10-18-49(51(41)55)57-44-15-7-4-11-37(44)38-12-5-8-16-45(38)57/h4-31H. The van der Waals surface area contributed by atoms with Crippen LogP contribution in [0, 0.1) is 19.7 Å². The van der Waals surface area contributed by atoms with Gasteiger partial charge in [0.15, 0.2) is 11.4 Å². The van der Waals surface area contributed by atoms with Crippen LogP contribution in [0.15, 0.2) is 170 Å². The van der Waals surface area contributed by atoms with Crippen molar-refractivity contribution in [1.82, 2.24) is 13.7 Å². The van der Waals surface area contributed by atoms with Gasteiger partial charge in [-0.25, -0.2) is 14.5 Å². The third-order valence-electron chi connectivity index (χ3n) is 11.3. The zero-order chi connectivity index (χ0) is 38.2. The smallest absolute Gasteiger partial charge is 0.211 e. The minimum atomic E-state index is 0.540. The summed E-state index contributed by atoms with van der Waals surface area (Å²) in [5.74, 6) is 0. The first-order valence-corrected chi connectivity index (χ1v) is 18.6. The number of rotatable bonds is 4. The molecule has 0 N–H and O–H groups in total. The van der Waals surface area contributed by atoms with E-state index in [1.807, 2.05) is 54.6 Å². The summed E-state index contributed by atoms with van der Waals surface area (Å²) >= 11 is 0. The van der Waals surface area contributed by atoms with Crippen LogP contribution in [0.1, 0.15) is 0 Å². The largest absolute Gasteiger partial charge is 0.319 e. The molecule has 262 valence electrons. The maximum Gasteiger partial charge on any atom is 0.211 e. The fourth-order valence-corrected chi connectivity index (χ4v) is 8.81. The molecule has 11 rings (SSSR count). The summed E-state index contributed by atoms with van der Waals surface area (Å²) in [7, 11) is 0. The summed E-state index contributed by atoms with van der Waals surface area (Å²) in [6.07, 6.45) is 0. The Morgan fingerprint density at radius 1 is 0.333 bits per heavy atom. The molecule has 0 bridgehead atoms. The molecule has 11 aromatic rings. The number of benzene rings is 8. The molecule has 6 heteroatoms. The second-order valence-corrected chi connectivity index (χ2v) is 14.2. The van der Waals surface area contributed by atoms with E-state index >= 15 is 0 Å². The van der Waals surface area contributed by atoms with Crippen molar-refractivity contribution in [3.8, 4) is 28.2 Å². The van der Waals surface area contributed by atoms with E-state index in [0.29, 0.717) is 17.1 Å². The van der Waals surface area contributed by atoms with Crippen molar-refractivity contribution < 1.29 is 0 Å². The van der Waals surface area contributed by atoms with Gasteiger partial charge in [-0.3, -0.25) is 0 Å². The second-order valence-electron chi connectivity index (χ2n) is 14.2. The Labute approximate surface area is 327 Å². The molecule has 0 aliphatic heterocycles. The third-order valence-corrected chi connectivity index (χ3v) is 11.3. The van der Waals surface area contributed by atoms with Crippen molar-refractivity contribution in [3.05, 3.63) is 204 Å². The van der Waals surface area contributed by atoms with E-state index in [1.54, 1.807) is 0 Å². The Hall–Kier alpha value is -8.37. The van der Waals surface area contributed by atoms with Crippen LogP contribution in [0.25, 0.3) is 108 Å². The lowest BCUT2D eigenvalue weighted by Crippen LogP contribution is -2.00. The average molecular weight is 725 g/mol. The van der Waals surface area contributed by atoms with Crippen molar-refractivity contribution in [3.63, 3.8) is 0 Å². The minimum Gasteiger partial charge on any atom is -0.319 e. The lowest BCUT2D eigenvalue weighted by Gasteiger charge is -2.15. The van der Waals surface area contributed by atoms with Gasteiger partial charge in [-0.05, 0) is 83.2 Å². The van der Waals surface area contributed by atoms with Crippen LogP contribution in [0.5, 0.6) is 0 Å². The van der Waals surface area contributed by atoms with Gasteiger partial charge in [0.2, 0.25) is 5.69 Å². The van der Waals surface area contributed by atoms with E-state index in [4.69, 9.17) is 19.7 Å². The highest BCUT2D eigenvalue weighted by Gasteiger charge is 2.21. The van der Waals surface area contributed by atoms with Crippen molar-refractivity contribution in [2.24, 2.45) is 0 Å². The first-order valence-electron chi connectivity index (χ1n) is 18.6. The Kier molecular flexibility index (Phi) is 6.95. The average Bonchev–Trinajstić information content (AvgIpc) is 3.91. The van der Waals surface area contributed by atoms with Crippen molar-refractivity contribution >= 4 is 82.5 Å². The quantitative estimate of drug-likeness (QED) is 0.162. The lowest BCUT2D eigenvalue weighted by molar-refractivity contribution is 1.13. The van der Waals surface area contributed by atoms with Gasteiger partial charge in [0, 0.05) is 38.1 Å². The molecule has 0 fully saturated rings. The van der Waals surface area contributed by atoms with Gasteiger partial charge in [-0.1, -0.05) is 103 Å². The summed E-state index contributed by atoms with van der Waals surface area (Å²) in [6.45, 7) is 23.7. The maximum atomic E-state index is 8.27. The Bertz CT molecular complexity index is 3560. The summed E-state index contributed by atoms with van der Waals surface area (Å²) in [5, 5.41) is 6.62. The summed E-state index contributed by atoms with van der Waals surface area (Å²) < 4.78 is 6.78. The van der Waals surface area contributed by atoms with E-state index in [1.165, 1.54) is 10.8 Å². The van der Waals surface area contributed by atoms with Crippen LogP contribution in [0.4, 0.5) is 17.1 Å². The first kappa shape index (κ1) is 32.1. The van der Waals surface area contributed by atoms with Crippen molar-refractivity contribution in [2.75, 3.05) is 0 Å². The van der Waals surface area contributed by atoms with Crippen LogP contribution in [-0.4, -0.2) is 13.7 Å². The van der Waals surface area contributed by atoms with Crippen LogP contribution >= 0.6 is 0 Å². The topological polar surface area (TPSA) is 27.9 Å². The van der Waals surface area contributed by atoms with Crippen molar-refractivity contribution in [2.45, 2.75) is 0 Å². The maximum absolute atomic E-state index is 8.27. The number of nitrogens with zero attached hydrogens (tertiary/aromatic N) is 6. The van der Waals surface area contributed by atoms with Gasteiger partial charge in [0.05, 0.1) is 58.7 Å². The van der Waals surface area contributed by atoms with E-state index < -0.39 is 0 Å². The number of hydrogen-bond acceptors (Lipinski definition) is 0. The SMILES string of the molecule is [C-]#[N+]c1ccc2c(c1)c1ccccc1n2-c1ccc(-c2ccc(-n3c4cc([N+]#[C-])ccc4c4cccc(-n5c6ccccc6c6ccccc65)c43)cc2)cc1[N+]#[C-]. The highest BCUT2D eigenvalue weighted by Crippen LogP contribution is 2.42. The molecule has 8 aromatic carbocycles. The molecule has 0 atom stereocenters. The monoisotopic (exact) mass is 724 g/mol. The van der Waals surface area contributed by atoms with E-state index in [9.17, 15) is 0 Å². The van der Waals surface area contributed by atoms with Gasteiger partial charge in [-0.15, -0.1) is 0 Å². The van der Waals surface area contributed by atoms with Gasteiger partial charge >= 0.3 is 0 Å². The number of aromatic nitrogens is 3. The van der Waals surface area contributed by atoms with E-state index in [0.717, 1.165) is 82.8 Å². The fraction of sp³-hybridized carbons (Fsp3) is 0. The summed E-state index contributed by atoms with van der Waals surface area (Å²) in [4.78, 5) is 11.5. The highest BCUT2D eigenvalue weighted by molar-refractivity contribution is 6.15. The van der Waals surface area contributed by atoms with Crippen LogP contribution in [-0.2, 0) is 0 Å². The molecule has 6 nitrogen and oxygen atoms in total. The van der Waals surface area contributed by atoms with Gasteiger partial charge in [-0.2, -0.15) is 0 Å². The third kappa shape index (κ3) is 4.68. The predicted octanol–water partition coefficient (Wildman–Crippen LogP) is 14.3. The molecule has 0 saturated heterocycles. The fourth-order valence-electron chi connectivity index (χ4n) is 8.81. The summed E-state index contributed by atoms with van der Waals surface area (Å²) in [6, 6.07) is 58.0. The van der Waals surface area contributed by atoms with Crippen LogP contribution in [0.3, 0.4) is 0 Å². The molecule has 0 saturated carbocycles. The molecule has 57 heavy (non-hydrogen) atoms. The predicted molar refractivity (Wildman–Crippen MR) is 234 cm³/mol. The first-order chi connectivity index (χ1) is 28.1. The second kappa shape index (κ2) is 12.3. The molecular formula is C51H28N6. The number of fused-ring (bicyclic) bond motifs is 9. The van der Waals surface area contributed by atoms with Crippen LogP contribution < -0.4 is 0 Å². The molecule has 0 amide bonds.